The Bertz CT molecular complexity index is 666. The van der Waals surface area contributed by atoms with E-state index >= 15 is 0 Å². The number of nitrogens with one attached hydrogen (secondary N) is 1. The fourth-order valence-electron chi connectivity index (χ4n) is 4.34. The maximum atomic E-state index is 12.0. The lowest BCUT2D eigenvalue weighted by Gasteiger charge is -2.40. The summed E-state index contributed by atoms with van der Waals surface area (Å²) in [6.45, 7) is 2.39. The molecule has 3 rings (SSSR count). The second-order valence-corrected chi connectivity index (χ2v) is 7.69. The van der Waals surface area contributed by atoms with Crippen LogP contribution in [-0.4, -0.2) is 69.1 Å². The maximum Gasteiger partial charge on any atom is 0.246 e. The van der Waals surface area contributed by atoms with Crippen LogP contribution in [0.4, 0.5) is 0 Å². The molecule has 1 aromatic carbocycles. The fourth-order valence-corrected chi connectivity index (χ4v) is 4.34. The van der Waals surface area contributed by atoms with Gasteiger partial charge in [0.2, 0.25) is 11.8 Å². The summed E-state index contributed by atoms with van der Waals surface area (Å²) in [6, 6.07) is 8.51. The molecule has 1 heterocycles. The van der Waals surface area contributed by atoms with Gasteiger partial charge in [0.1, 0.15) is 6.61 Å². The normalized spacial score (nSPS) is 21.4. The molecule has 1 N–H and O–H groups in total. The molecule has 26 heavy (non-hydrogen) atoms. The number of benzene rings is 1. The molecule has 1 fully saturated rings. The van der Waals surface area contributed by atoms with Crippen LogP contribution in [0.2, 0.25) is 0 Å². The standard InChI is InChI=1S/C20H29N3O3/c1-22(2)19(25)13-23-10-8-20(9-11-23)12-17(21-18(24)14-26-3)15-6-4-5-7-16(15)20/h4-7,17H,8-14H2,1-3H3,(H,21,24). The lowest BCUT2D eigenvalue weighted by molar-refractivity contribution is -0.130. The molecule has 1 aliphatic carbocycles. The van der Waals surface area contributed by atoms with Gasteiger partial charge in [-0.25, -0.2) is 0 Å². The molecule has 1 atom stereocenters. The molecule has 142 valence electrons. The van der Waals surface area contributed by atoms with Gasteiger partial charge in [0, 0.05) is 26.6 Å². The number of piperidine rings is 1. The third kappa shape index (κ3) is 3.76. The smallest absolute Gasteiger partial charge is 0.246 e. The largest absolute Gasteiger partial charge is 0.375 e. The van der Waals surface area contributed by atoms with Crippen LogP contribution in [0.5, 0.6) is 0 Å². The molecule has 6 nitrogen and oxygen atoms in total. The Morgan fingerprint density at radius 1 is 1.27 bits per heavy atom. The van der Waals surface area contributed by atoms with Gasteiger partial charge in [-0.15, -0.1) is 0 Å². The first kappa shape index (κ1) is 18.9. The van der Waals surface area contributed by atoms with E-state index in [2.05, 4.69) is 28.4 Å². The second kappa shape index (κ2) is 7.76. The van der Waals surface area contributed by atoms with Crippen LogP contribution in [0.15, 0.2) is 24.3 Å². The van der Waals surface area contributed by atoms with E-state index < -0.39 is 0 Å². The van der Waals surface area contributed by atoms with Gasteiger partial charge in [-0.2, -0.15) is 0 Å². The zero-order chi connectivity index (χ0) is 18.7. The van der Waals surface area contributed by atoms with Crippen LogP contribution in [0.25, 0.3) is 0 Å². The quantitative estimate of drug-likeness (QED) is 0.861. The van der Waals surface area contributed by atoms with Crippen LogP contribution in [0.3, 0.4) is 0 Å². The molecule has 1 aromatic rings. The zero-order valence-corrected chi connectivity index (χ0v) is 16.0. The maximum absolute atomic E-state index is 12.0. The number of carbonyl (C=O) groups is 2. The lowest BCUT2D eigenvalue weighted by Crippen LogP contribution is -2.45. The topological polar surface area (TPSA) is 61.9 Å². The Balaban J connectivity index is 1.71. The van der Waals surface area contributed by atoms with E-state index in [4.69, 9.17) is 4.74 Å². The highest BCUT2D eigenvalue weighted by atomic mass is 16.5. The third-order valence-electron chi connectivity index (χ3n) is 5.78. The fraction of sp³-hybridized carbons (Fsp3) is 0.600. The van der Waals surface area contributed by atoms with Crippen molar-refractivity contribution in [2.75, 3.05) is 47.4 Å². The van der Waals surface area contributed by atoms with Gasteiger partial charge in [0.15, 0.2) is 0 Å². The summed E-state index contributed by atoms with van der Waals surface area (Å²) in [7, 11) is 5.14. The number of amides is 2. The highest BCUT2D eigenvalue weighted by molar-refractivity contribution is 5.78. The average Bonchev–Trinajstić information content (AvgIpc) is 2.91. The molecule has 0 bridgehead atoms. The number of carbonyl (C=O) groups excluding carboxylic acids is 2. The number of likely N-dealkylation sites (tertiary alicyclic amines) is 1. The van der Waals surface area contributed by atoms with Gasteiger partial charge < -0.3 is 15.0 Å². The van der Waals surface area contributed by atoms with Crippen molar-refractivity contribution in [3.63, 3.8) is 0 Å². The van der Waals surface area contributed by atoms with E-state index in [9.17, 15) is 9.59 Å². The number of rotatable bonds is 5. The second-order valence-electron chi connectivity index (χ2n) is 7.69. The van der Waals surface area contributed by atoms with Crippen LogP contribution >= 0.6 is 0 Å². The Morgan fingerprint density at radius 3 is 2.62 bits per heavy atom. The van der Waals surface area contributed by atoms with E-state index in [1.54, 1.807) is 19.0 Å². The molecule has 1 unspecified atom stereocenters. The van der Waals surface area contributed by atoms with Crippen LogP contribution in [0, 0.1) is 0 Å². The molecule has 6 heteroatoms. The predicted molar refractivity (Wildman–Crippen MR) is 99.9 cm³/mol. The average molecular weight is 359 g/mol. The number of hydrogen-bond acceptors (Lipinski definition) is 4. The van der Waals surface area contributed by atoms with Crippen molar-refractivity contribution in [2.45, 2.75) is 30.7 Å². The number of ether oxygens (including phenoxy) is 1. The first-order chi connectivity index (χ1) is 12.4. The monoisotopic (exact) mass is 359 g/mol. The van der Waals surface area contributed by atoms with Crippen LogP contribution < -0.4 is 5.32 Å². The Hall–Kier alpha value is -1.92. The molecule has 1 aliphatic heterocycles. The first-order valence-electron chi connectivity index (χ1n) is 9.25. The van der Waals surface area contributed by atoms with Crippen molar-refractivity contribution in [3.05, 3.63) is 35.4 Å². The summed E-state index contributed by atoms with van der Waals surface area (Å²) in [5.74, 6) is 0.0795. The molecule has 1 spiro atoms. The van der Waals surface area contributed by atoms with E-state index in [-0.39, 0.29) is 29.9 Å². The van der Waals surface area contributed by atoms with Gasteiger partial charge in [-0.05, 0) is 43.5 Å². The molecule has 0 radical (unpaired) electrons. The van der Waals surface area contributed by atoms with Crippen molar-refractivity contribution < 1.29 is 14.3 Å². The number of fused-ring (bicyclic) bond motifs is 2. The predicted octanol–water partition coefficient (Wildman–Crippen LogP) is 1.32. The van der Waals surface area contributed by atoms with Gasteiger partial charge in [-0.3, -0.25) is 14.5 Å². The highest BCUT2D eigenvalue weighted by Crippen LogP contribution is 2.50. The van der Waals surface area contributed by atoms with Gasteiger partial charge in [-0.1, -0.05) is 24.3 Å². The van der Waals surface area contributed by atoms with E-state index in [1.807, 2.05) is 6.07 Å². The minimum absolute atomic E-state index is 0.0452. The first-order valence-corrected chi connectivity index (χ1v) is 9.25. The lowest BCUT2D eigenvalue weighted by atomic mass is 9.73. The highest BCUT2D eigenvalue weighted by Gasteiger charge is 2.45. The van der Waals surface area contributed by atoms with Gasteiger partial charge in [0.25, 0.3) is 0 Å². The summed E-state index contributed by atoms with van der Waals surface area (Å²) in [5.41, 5.74) is 2.69. The van der Waals surface area contributed by atoms with E-state index in [0.29, 0.717) is 6.54 Å². The van der Waals surface area contributed by atoms with Crippen molar-refractivity contribution in [1.82, 2.24) is 15.1 Å². The van der Waals surface area contributed by atoms with Gasteiger partial charge >= 0.3 is 0 Å². The van der Waals surface area contributed by atoms with Crippen molar-refractivity contribution >= 4 is 11.8 Å². The van der Waals surface area contributed by atoms with E-state index in [1.165, 1.54) is 18.2 Å². The summed E-state index contributed by atoms with van der Waals surface area (Å²) in [6.07, 6.45) is 2.96. The Kier molecular flexibility index (Phi) is 5.63. The Labute approximate surface area is 155 Å². The molecular formula is C20H29N3O3. The van der Waals surface area contributed by atoms with Crippen LogP contribution in [0.1, 0.15) is 36.4 Å². The number of likely N-dealkylation sites (N-methyl/N-ethyl adjacent to an activating group) is 1. The minimum Gasteiger partial charge on any atom is -0.375 e. The number of nitrogens with zero attached hydrogens (tertiary/aromatic N) is 2. The summed E-state index contributed by atoms with van der Waals surface area (Å²) in [4.78, 5) is 27.9. The van der Waals surface area contributed by atoms with E-state index in [0.717, 1.165) is 32.4 Å². The molecule has 2 amide bonds. The van der Waals surface area contributed by atoms with Crippen molar-refractivity contribution in [1.29, 1.82) is 0 Å². The summed E-state index contributed by atoms with van der Waals surface area (Å²) >= 11 is 0. The molecule has 0 aromatic heterocycles. The molecule has 2 aliphatic rings. The summed E-state index contributed by atoms with van der Waals surface area (Å²) in [5, 5.41) is 3.13. The van der Waals surface area contributed by atoms with Crippen LogP contribution in [-0.2, 0) is 19.7 Å². The number of methoxy groups -OCH3 is 1. The molecule has 1 saturated heterocycles. The minimum atomic E-state index is -0.0710. The SMILES string of the molecule is COCC(=O)NC1CC2(CCN(CC(=O)N(C)C)CC2)c2ccccc21. The third-order valence-corrected chi connectivity index (χ3v) is 5.78. The number of hydrogen-bond donors (Lipinski definition) is 1. The van der Waals surface area contributed by atoms with Gasteiger partial charge in [0.05, 0.1) is 12.6 Å². The van der Waals surface area contributed by atoms with Crippen molar-refractivity contribution in [2.24, 2.45) is 0 Å². The summed E-state index contributed by atoms with van der Waals surface area (Å²) < 4.78 is 4.95. The zero-order valence-electron chi connectivity index (χ0n) is 16.0. The Morgan fingerprint density at radius 2 is 1.96 bits per heavy atom. The molecular weight excluding hydrogens is 330 g/mol. The van der Waals surface area contributed by atoms with Crippen molar-refractivity contribution in [3.8, 4) is 0 Å². The molecule has 0 saturated carbocycles.